The maximum Gasteiger partial charge on any atom is 0.419 e. The number of carbonyl (C=O) groups excluding carboxylic acids is 3. The van der Waals surface area contributed by atoms with Crippen molar-refractivity contribution < 1.29 is 28.6 Å². The van der Waals surface area contributed by atoms with Crippen LogP contribution in [0.25, 0.3) is 16.9 Å². The molecule has 3 amide bonds. The molecule has 0 fully saturated rings. The summed E-state index contributed by atoms with van der Waals surface area (Å²) in [6, 6.07) is 7.41. The average molecular weight is 569 g/mol. The van der Waals surface area contributed by atoms with E-state index in [1.165, 1.54) is 0 Å². The molecule has 0 aliphatic heterocycles. The van der Waals surface area contributed by atoms with Crippen LogP contribution in [-0.2, 0) is 19.6 Å². The smallest absolute Gasteiger partial charge is 0.419 e. The second kappa shape index (κ2) is 11.6. The Balaban J connectivity index is 1.78. The number of carbonyl (C=O) groups is 3. The summed E-state index contributed by atoms with van der Waals surface area (Å²) in [4.78, 5) is 48.1. The first kappa shape index (κ1) is 31.2. The van der Waals surface area contributed by atoms with E-state index in [1.807, 2.05) is 45.2 Å². The van der Waals surface area contributed by atoms with Crippen molar-refractivity contribution in [1.82, 2.24) is 19.4 Å². The molecule has 3 aromatic rings. The number of nitrogens with two attached hydrogens (primary N) is 1. The van der Waals surface area contributed by atoms with Gasteiger partial charge >= 0.3 is 18.3 Å². The first-order chi connectivity index (χ1) is 18.8. The lowest BCUT2D eigenvalue weighted by molar-refractivity contribution is -0.00189. The zero-order chi connectivity index (χ0) is 30.8. The van der Waals surface area contributed by atoms with Crippen molar-refractivity contribution in [2.24, 2.45) is 0 Å². The molecule has 2 heterocycles. The molecule has 3 N–H and O–H groups in total. The molecule has 0 aliphatic carbocycles. The molecule has 0 aliphatic rings. The van der Waals surface area contributed by atoms with Gasteiger partial charge in [0.1, 0.15) is 23.6 Å². The third-order valence-corrected chi connectivity index (χ3v) is 5.51. The number of nitrogen functional groups attached to an aromatic ring is 1. The molecular formula is C29H40N6O6. The highest BCUT2D eigenvalue weighted by Gasteiger charge is 2.31. The fourth-order valence-electron chi connectivity index (χ4n) is 3.72. The highest BCUT2D eigenvalue weighted by Crippen LogP contribution is 2.29. The van der Waals surface area contributed by atoms with Crippen LogP contribution < -0.4 is 11.1 Å². The van der Waals surface area contributed by atoms with Gasteiger partial charge in [-0.1, -0.05) is 20.8 Å². The minimum Gasteiger partial charge on any atom is -0.447 e. The van der Waals surface area contributed by atoms with Crippen molar-refractivity contribution in [3.8, 4) is 5.95 Å². The molecule has 3 rings (SSSR count). The number of amides is 3. The Morgan fingerprint density at radius 2 is 1.56 bits per heavy atom. The van der Waals surface area contributed by atoms with Gasteiger partial charge in [0.05, 0.1) is 12.1 Å². The molecule has 41 heavy (non-hydrogen) atoms. The van der Waals surface area contributed by atoms with Crippen LogP contribution >= 0.6 is 0 Å². The molecule has 2 aromatic heterocycles. The minimum absolute atomic E-state index is 0.265. The number of hydrogen-bond acceptors (Lipinski definition) is 9. The molecule has 12 heteroatoms. The largest absolute Gasteiger partial charge is 0.447 e. The normalized spacial score (nSPS) is 12.1. The van der Waals surface area contributed by atoms with Gasteiger partial charge in [-0.25, -0.2) is 24.3 Å². The first-order valence-corrected chi connectivity index (χ1v) is 13.3. The Kier molecular flexibility index (Phi) is 8.85. The van der Waals surface area contributed by atoms with E-state index in [0.717, 1.165) is 15.8 Å². The van der Waals surface area contributed by atoms with Gasteiger partial charge in [-0.15, -0.1) is 0 Å². The van der Waals surface area contributed by atoms with E-state index in [4.69, 9.17) is 19.9 Å². The monoisotopic (exact) mass is 568 g/mol. The lowest BCUT2D eigenvalue weighted by Crippen LogP contribution is -2.45. The number of nitrogens with zero attached hydrogens (tertiary/aromatic N) is 4. The van der Waals surface area contributed by atoms with Gasteiger partial charge in [0.2, 0.25) is 5.95 Å². The molecular weight excluding hydrogens is 528 g/mol. The Morgan fingerprint density at radius 1 is 0.951 bits per heavy atom. The van der Waals surface area contributed by atoms with Gasteiger partial charge in [-0.2, -0.15) is 4.98 Å². The van der Waals surface area contributed by atoms with Crippen LogP contribution in [0.3, 0.4) is 0 Å². The van der Waals surface area contributed by atoms with Crippen molar-refractivity contribution >= 4 is 40.7 Å². The van der Waals surface area contributed by atoms with Crippen molar-refractivity contribution in [3.05, 3.63) is 42.2 Å². The van der Waals surface area contributed by atoms with Crippen LogP contribution in [0, 0.1) is 0 Å². The number of hydrogen-bond donors (Lipinski definition) is 2. The number of rotatable bonds is 5. The quantitative estimate of drug-likeness (QED) is 0.278. The molecule has 0 unspecified atom stereocenters. The fourth-order valence-corrected chi connectivity index (χ4v) is 3.72. The molecule has 1 aromatic carbocycles. The van der Waals surface area contributed by atoms with Crippen LogP contribution in [0.4, 0.5) is 25.9 Å². The standard InChI is InChI=1S/C29H40N6O6/c1-27(2,3)20-17-31-23(34-13-12-18-16-19(30)10-11-21(18)34)32-22(20)33-24(36)39-15-14-35(25(37)40-28(4,5)6)26(38)41-29(7,8)9/h10-13,16-17H,14-15,30H2,1-9H3,(H,31,32,33,36). The number of imide groups is 1. The molecule has 0 spiro atoms. The predicted octanol–water partition coefficient (Wildman–Crippen LogP) is 6.02. The van der Waals surface area contributed by atoms with Gasteiger partial charge in [-0.05, 0) is 71.2 Å². The Morgan fingerprint density at radius 3 is 2.12 bits per heavy atom. The van der Waals surface area contributed by atoms with Crippen LogP contribution in [0.15, 0.2) is 36.7 Å². The predicted molar refractivity (Wildman–Crippen MR) is 156 cm³/mol. The van der Waals surface area contributed by atoms with E-state index in [9.17, 15) is 14.4 Å². The van der Waals surface area contributed by atoms with Crippen LogP contribution in [0.1, 0.15) is 67.9 Å². The summed E-state index contributed by atoms with van der Waals surface area (Å²) in [7, 11) is 0. The van der Waals surface area contributed by atoms with Crippen molar-refractivity contribution in [1.29, 1.82) is 0 Å². The average Bonchev–Trinajstić information content (AvgIpc) is 3.21. The number of ether oxygens (including phenoxy) is 3. The lowest BCUT2D eigenvalue weighted by Gasteiger charge is -2.28. The van der Waals surface area contributed by atoms with Gasteiger partial charge in [0, 0.05) is 29.0 Å². The summed E-state index contributed by atoms with van der Waals surface area (Å²) in [6.45, 7) is 15.4. The number of anilines is 2. The molecule has 0 saturated carbocycles. The maximum absolute atomic E-state index is 12.9. The molecule has 0 saturated heterocycles. The molecule has 12 nitrogen and oxygen atoms in total. The highest BCUT2D eigenvalue weighted by atomic mass is 16.6. The van der Waals surface area contributed by atoms with Crippen molar-refractivity contribution in [3.63, 3.8) is 0 Å². The fraction of sp³-hybridized carbons (Fsp3) is 0.483. The number of fused-ring (bicyclic) bond motifs is 1. The second-order valence-corrected chi connectivity index (χ2v) is 12.6. The number of benzene rings is 1. The summed E-state index contributed by atoms with van der Waals surface area (Å²) >= 11 is 0. The van der Waals surface area contributed by atoms with Crippen molar-refractivity contribution in [2.75, 3.05) is 24.2 Å². The summed E-state index contributed by atoms with van der Waals surface area (Å²) < 4.78 is 17.8. The van der Waals surface area contributed by atoms with Crippen molar-refractivity contribution in [2.45, 2.75) is 78.9 Å². The maximum atomic E-state index is 12.9. The Hall–Kier alpha value is -4.35. The van der Waals surface area contributed by atoms with Gasteiger partial charge < -0.3 is 19.9 Å². The van der Waals surface area contributed by atoms with Gasteiger partial charge in [0.25, 0.3) is 0 Å². The lowest BCUT2D eigenvalue weighted by atomic mass is 9.88. The number of nitrogens with one attached hydrogen (secondary N) is 1. The molecule has 0 bridgehead atoms. The van der Waals surface area contributed by atoms with Gasteiger partial charge in [0.15, 0.2) is 0 Å². The van der Waals surface area contributed by atoms with Crippen LogP contribution in [-0.4, -0.2) is 62.1 Å². The zero-order valence-corrected chi connectivity index (χ0v) is 25.2. The third-order valence-electron chi connectivity index (χ3n) is 5.51. The van der Waals surface area contributed by atoms with E-state index < -0.39 is 34.9 Å². The minimum atomic E-state index is -0.910. The zero-order valence-electron chi connectivity index (χ0n) is 25.2. The van der Waals surface area contributed by atoms with E-state index in [1.54, 1.807) is 58.4 Å². The molecule has 0 radical (unpaired) electrons. The van der Waals surface area contributed by atoms with Gasteiger partial charge in [-0.3, -0.25) is 9.88 Å². The van der Waals surface area contributed by atoms with E-state index >= 15 is 0 Å². The second-order valence-electron chi connectivity index (χ2n) is 12.6. The van der Waals surface area contributed by atoms with E-state index in [2.05, 4.69) is 15.3 Å². The summed E-state index contributed by atoms with van der Waals surface area (Å²) in [5.74, 6) is 0.607. The van der Waals surface area contributed by atoms with E-state index in [-0.39, 0.29) is 19.0 Å². The summed E-state index contributed by atoms with van der Waals surface area (Å²) in [5.41, 5.74) is 5.98. The van der Waals surface area contributed by atoms with Crippen LogP contribution in [0.5, 0.6) is 0 Å². The summed E-state index contributed by atoms with van der Waals surface area (Å²) in [6.07, 6.45) is 0.839. The SMILES string of the molecule is CC(C)(C)OC(=O)N(CCOC(=O)Nc1nc(-n2ccc3cc(N)ccc32)ncc1C(C)(C)C)C(=O)OC(C)(C)C. The van der Waals surface area contributed by atoms with Crippen LogP contribution in [0.2, 0.25) is 0 Å². The van der Waals surface area contributed by atoms with E-state index in [0.29, 0.717) is 17.2 Å². The Labute approximate surface area is 240 Å². The molecule has 222 valence electrons. The Bertz CT molecular complexity index is 1400. The molecule has 0 atom stereocenters. The highest BCUT2D eigenvalue weighted by molar-refractivity contribution is 5.88. The number of aromatic nitrogens is 3. The topological polar surface area (TPSA) is 151 Å². The first-order valence-electron chi connectivity index (χ1n) is 13.3. The summed E-state index contributed by atoms with van der Waals surface area (Å²) in [5, 5.41) is 3.61. The third kappa shape index (κ3) is 8.57.